The number of ether oxygens (including phenoxy) is 2. The van der Waals surface area contributed by atoms with Gasteiger partial charge in [-0.3, -0.25) is 9.47 Å². The molecule has 2 aliphatic rings. The Morgan fingerprint density at radius 1 is 0.486 bits per heavy atom. The van der Waals surface area contributed by atoms with Gasteiger partial charge in [-0.1, -0.05) is 84.9 Å². The molecule has 0 radical (unpaired) electrons. The topological polar surface area (TPSA) is 18.5 Å². The molecular formula is C29H18F6O2. The summed E-state index contributed by atoms with van der Waals surface area (Å²) in [5, 5.41) is 0. The van der Waals surface area contributed by atoms with Crippen molar-refractivity contribution in [2.24, 2.45) is 0 Å². The molecule has 4 aromatic rings. The van der Waals surface area contributed by atoms with Crippen LogP contribution in [-0.2, 0) is 28.1 Å². The number of hydrogen-bond acceptors (Lipinski definition) is 2. The van der Waals surface area contributed by atoms with Crippen LogP contribution in [0.2, 0.25) is 0 Å². The van der Waals surface area contributed by atoms with E-state index in [0.717, 1.165) is 44.5 Å². The molecule has 8 heteroatoms. The Hall–Kier alpha value is -3.62. The highest BCUT2D eigenvalue weighted by atomic mass is 19.4. The normalized spacial score (nSPS) is 14.9. The first kappa shape index (κ1) is 23.8. The maximum absolute atomic E-state index is 12.8. The third-order valence-electron chi connectivity index (χ3n) is 7.02. The molecule has 0 N–H and O–H groups in total. The van der Waals surface area contributed by atoms with Gasteiger partial charge in [0.05, 0.1) is 18.6 Å². The summed E-state index contributed by atoms with van der Waals surface area (Å²) in [6, 6.07) is 25.6. The van der Waals surface area contributed by atoms with Crippen molar-refractivity contribution in [1.29, 1.82) is 0 Å². The molecule has 0 saturated heterocycles. The first-order valence-electron chi connectivity index (χ1n) is 11.5. The zero-order chi connectivity index (χ0) is 26.0. The van der Waals surface area contributed by atoms with E-state index in [0.29, 0.717) is 11.1 Å². The molecule has 0 heterocycles. The summed E-state index contributed by atoms with van der Waals surface area (Å²) in [4.78, 5) is 0. The zero-order valence-electron chi connectivity index (χ0n) is 19.1. The summed E-state index contributed by atoms with van der Waals surface area (Å²) in [6.07, 6.45) is -9.56. The van der Waals surface area contributed by atoms with Gasteiger partial charge in [-0.2, -0.15) is 0 Å². The Labute approximate surface area is 208 Å². The fourth-order valence-electron chi connectivity index (χ4n) is 5.74. The fourth-order valence-corrected chi connectivity index (χ4v) is 5.74. The van der Waals surface area contributed by atoms with E-state index in [4.69, 9.17) is 0 Å². The number of hydrogen-bond donors (Lipinski definition) is 0. The van der Waals surface area contributed by atoms with E-state index in [9.17, 15) is 26.3 Å². The van der Waals surface area contributed by atoms with Crippen LogP contribution in [0.5, 0.6) is 0 Å². The first-order chi connectivity index (χ1) is 17.6. The molecule has 2 aliphatic carbocycles. The molecular weight excluding hydrogens is 494 g/mol. The van der Waals surface area contributed by atoms with E-state index in [1.807, 2.05) is 48.5 Å². The van der Waals surface area contributed by atoms with Crippen molar-refractivity contribution in [3.05, 3.63) is 118 Å². The monoisotopic (exact) mass is 512 g/mol. The van der Waals surface area contributed by atoms with E-state index < -0.39 is 31.4 Å². The summed E-state index contributed by atoms with van der Waals surface area (Å²) in [7, 11) is 0. The smallest absolute Gasteiger partial charge is 0.287 e. The van der Waals surface area contributed by atoms with E-state index in [1.165, 1.54) is 0 Å². The van der Waals surface area contributed by atoms with Crippen LogP contribution in [0.4, 0.5) is 26.3 Å². The third kappa shape index (κ3) is 3.83. The zero-order valence-corrected chi connectivity index (χ0v) is 19.1. The van der Waals surface area contributed by atoms with E-state index >= 15 is 0 Å². The fraction of sp³-hybridized carbons (Fsp3) is 0.172. The average molecular weight is 512 g/mol. The maximum atomic E-state index is 12.8. The number of alkyl halides is 6. The lowest BCUT2D eigenvalue weighted by molar-refractivity contribution is -0.331. The summed E-state index contributed by atoms with van der Waals surface area (Å²) >= 11 is 0. The molecule has 1 spiro atoms. The molecule has 0 bridgehead atoms. The van der Waals surface area contributed by atoms with Gasteiger partial charge in [0.1, 0.15) is 0 Å². The van der Waals surface area contributed by atoms with Crippen molar-refractivity contribution < 1.29 is 35.8 Å². The molecule has 188 valence electrons. The van der Waals surface area contributed by atoms with Crippen molar-refractivity contribution in [3.63, 3.8) is 0 Å². The van der Waals surface area contributed by atoms with E-state index in [1.54, 1.807) is 36.4 Å². The Morgan fingerprint density at radius 2 is 0.865 bits per heavy atom. The van der Waals surface area contributed by atoms with Crippen molar-refractivity contribution in [3.8, 4) is 22.3 Å². The highest BCUT2D eigenvalue weighted by molar-refractivity contribution is 5.95. The van der Waals surface area contributed by atoms with Crippen LogP contribution in [0.1, 0.15) is 33.4 Å². The predicted octanol–water partition coefficient (Wildman–Crippen LogP) is 8.10. The van der Waals surface area contributed by atoms with Crippen LogP contribution >= 0.6 is 0 Å². The van der Waals surface area contributed by atoms with Gasteiger partial charge < -0.3 is 0 Å². The van der Waals surface area contributed by atoms with E-state index in [2.05, 4.69) is 9.47 Å². The number of benzene rings is 4. The minimum Gasteiger partial charge on any atom is -0.287 e. The van der Waals surface area contributed by atoms with Gasteiger partial charge in [-0.05, 0) is 55.6 Å². The Bertz CT molecular complexity index is 1400. The Kier molecular flexibility index (Phi) is 5.26. The lowest BCUT2D eigenvalue weighted by Gasteiger charge is -2.31. The second-order valence-electron chi connectivity index (χ2n) is 9.07. The van der Waals surface area contributed by atoms with Gasteiger partial charge >= 0.3 is 12.7 Å². The van der Waals surface area contributed by atoms with E-state index in [-0.39, 0.29) is 0 Å². The minimum atomic E-state index is -4.78. The lowest BCUT2D eigenvalue weighted by atomic mass is 9.70. The second-order valence-corrected chi connectivity index (χ2v) is 9.07. The average Bonchev–Trinajstić information content (AvgIpc) is 3.32. The molecule has 6 rings (SSSR count). The number of fused-ring (bicyclic) bond motifs is 10. The molecule has 0 atom stereocenters. The van der Waals surface area contributed by atoms with Crippen molar-refractivity contribution >= 4 is 0 Å². The molecule has 4 aromatic carbocycles. The van der Waals surface area contributed by atoms with Gasteiger partial charge in [-0.15, -0.1) is 26.3 Å². The third-order valence-corrected chi connectivity index (χ3v) is 7.02. The first-order valence-corrected chi connectivity index (χ1v) is 11.5. The standard InChI is InChI=1S/C29H18F6O2/c30-28(31,32)36-15-17-9-11-21-19-5-1-3-7-23(19)27(25(21)13-17)24-8-4-2-6-20(24)22-12-10-18(14-26(22)27)16-37-29(33,34)35/h1-14H,15-16H2. The quantitative estimate of drug-likeness (QED) is 0.222. The van der Waals surface area contributed by atoms with Gasteiger partial charge in [0.25, 0.3) is 0 Å². The molecule has 0 saturated carbocycles. The Balaban J connectivity index is 1.60. The van der Waals surface area contributed by atoms with Gasteiger partial charge in [0.2, 0.25) is 0 Å². The number of rotatable bonds is 4. The second kappa shape index (κ2) is 8.19. The molecule has 2 nitrogen and oxygen atoms in total. The molecule has 0 aliphatic heterocycles. The summed E-state index contributed by atoms with van der Waals surface area (Å²) < 4.78 is 85.0. The van der Waals surface area contributed by atoms with Crippen molar-refractivity contribution in [1.82, 2.24) is 0 Å². The summed E-state index contributed by atoms with van der Waals surface area (Å²) in [6.45, 7) is -1.31. The van der Waals surface area contributed by atoms with Crippen LogP contribution in [0.3, 0.4) is 0 Å². The lowest BCUT2D eigenvalue weighted by Crippen LogP contribution is -2.26. The minimum absolute atomic E-state index is 0.339. The maximum Gasteiger partial charge on any atom is 0.522 e. The van der Waals surface area contributed by atoms with Crippen molar-refractivity contribution in [2.45, 2.75) is 31.4 Å². The van der Waals surface area contributed by atoms with Crippen LogP contribution in [-0.4, -0.2) is 12.7 Å². The molecule has 0 unspecified atom stereocenters. The molecule has 37 heavy (non-hydrogen) atoms. The molecule has 0 fully saturated rings. The highest BCUT2D eigenvalue weighted by Crippen LogP contribution is 2.62. The van der Waals surface area contributed by atoms with Gasteiger partial charge in [-0.25, -0.2) is 0 Å². The van der Waals surface area contributed by atoms with Gasteiger partial charge in [0.15, 0.2) is 0 Å². The van der Waals surface area contributed by atoms with Gasteiger partial charge in [0, 0.05) is 0 Å². The van der Waals surface area contributed by atoms with Crippen LogP contribution in [0.25, 0.3) is 22.3 Å². The van der Waals surface area contributed by atoms with Crippen LogP contribution in [0.15, 0.2) is 84.9 Å². The van der Waals surface area contributed by atoms with Crippen LogP contribution < -0.4 is 0 Å². The van der Waals surface area contributed by atoms with Crippen LogP contribution in [0, 0.1) is 0 Å². The SMILES string of the molecule is FC(F)(F)OCc1ccc2c(c1)C1(c3ccccc3-2)c2ccccc2-c2ccc(COC(F)(F)F)cc21. The highest BCUT2D eigenvalue weighted by Gasteiger charge is 2.51. The summed E-state index contributed by atoms with van der Waals surface area (Å²) in [5.74, 6) is 0. The predicted molar refractivity (Wildman–Crippen MR) is 124 cm³/mol. The molecule has 0 amide bonds. The summed E-state index contributed by atoms with van der Waals surface area (Å²) in [5.41, 5.74) is 6.65. The molecule has 0 aromatic heterocycles. The Morgan fingerprint density at radius 3 is 1.27 bits per heavy atom. The van der Waals surface area contributed by atoms with Crippen molar-refractivity contribution in [2.75, 3.05) is 0 Å². The number of halogens is 6. The largest absolute Gasteiger partial charge is 0.522 e.